The van der Waals surface area contributed by atoms with E-state index in [2.05, 4.69) is 29.2 Å². The molecule has 0 aliphatic rings. The Kier molecular flexibility index (Phi) is 3.77. The highest BCUT2D eigenvalue weighted by Gasteiger charge is 2.17. The fourth-order valence-corrected chi connectivity index (χ4v) is 1.72. The van der Waals surface area contributed by atoms with E-state index in [0.29, 0.717) is 11.7 Å². The molecule has 2 rings (SSSR count). The van der Waals surface area contributed by atoms with Gasteiger partial charge in [-0.15, -0.1) is 0 Å². The minimum Gasteiger partial charge on any atom is -0.339 e. The SMILES string of the molecule is CCc1ccc(C(N)c2noc(C(C)C)n2)cc1. The van der Waals surface area contributed by atoms with Crippen LogP contribution in [0.25, 0.3) is 0 Å². The second kappa shape index (κ2) is 5.31. The summed E-state index contributed by atoms with van der Waals surface area (Å²) in [5, 5.41) is 3.95. The van der Waals surface area contributed by atoms with Gasteiger partial charge in [0, 0.05) is 5.92 Å². The predicted octanol–water partition coefficient (Wildman–Crippen LogP) is 2.80. The lowest BCUT2D eigenvalue weighted by atomic mass is 10.0. The average molecular weight is 245 g/mol. The first kappa shape index (κ1) is 12.8. The zero-order valence-corrected chi connectivity index (χ0v) is 11.1. The first-order valence-corrected chi connectivity index (χ1v) is 6.29. The Bertz CT molecular complexity index is 502. The van der Waals surface area contributed by atoms with Crippen molar-refractivity contribution in [3.05, 3.63) is 47.1 Å². The number of rotatable bonds is 4. The van der Waals surface area contributed by atoms with Gasteiger partial charge in [-0.2, -0.15) is 4.98 Å². The van der Waals surface area contributed by atoms with Crippen LogP contribution in [-0.2, 0) is 6.42 Å². The molecule has 96 valence electrons. The number of hydrogen-bond acceptors (Lipinski definition) is 4. The van der Waals surface area contributed by atoms with Gasteiger partial charge in [-0.3, -0.25) is 0 Å². The Morgan fingerprint density at radius 3 is 2.39 bits per heavy atom. The van der Waals surface area contributed by atoms with E-state index in [-0.39, 0.29) is 12.0 Å². The monoisotopic (exact) mass is 245 g/mol. The molecule has 1 aromatic carbocycles. The van der Waals surface area contributed by atoms with Crippen molar-refractivity contribution in [2.24, 2.45) is 5.73 Å². The third kappa shape index (κ3) is 2.59. The van der Waals surface area contributed by atoms with Gasteiger partial charge in [0.1, 0.15) is 0 Å². The maximum atomic E-state index is 6.14. The van der Waals surface area contributed by atoms with E-state index in [0.717, 1.165) is 12.0 Å². The van der Waals surface area contributed by atoms with Crippen LogP contribution < -0.4 is 5.73 Å². The highest BCUT2D eigenvalue weighted by atomic mass is 16.5. The Balaban J connectivity index is 2.20. The third-order valence-electron chi connectivity index (χ3n) is 2.98. The second-order valence-electron chi connectivity index (χ2n) is 4.72. The van der Waals surface area contributed by atoms with Crippen molar-refractivity contribution in [3.8, 4) is 0 Å². The minimum absolute atomic E-state index is 0.223. The summed E-state index contributed by atoms with van der Waals surface area (Å²) in [6.07, 6.45) is 1.02. The van der Waals surface area contributed by atoms with Crippen LogP contribution in [0.15, 0.2) is 28.8 Å². The molecule has 4 nitrogen and oxygen atoms in total. The molecule has 0 radical (unpaired) electrons. The van der Waals surface area contributed by atoms with Crippen LogP contribution in [0.5, 0.6) is 0 Å². The normalized spacial score (nSPS) is 12.9. The zero-order chi connectivity index (χ0) is 13.1. The maximum absolute atomic E-state index is 6.14. The molecule has 1 aromatic heterocycles. The summed E-state index contributed by atoms with van der Waals surface area (Å²) in [4.78, 5) is 4.33. The van der Waals surface area contributed by atoms with Gasteiger partial charge >= 0.3 is 0 Å². The van der Waals surface area contributed by atoms with Crippen LogP contribution in [0.3, 0.4) is 0 Å². The molecule has 1 atom stereocenters. The summed E-state index contributed by atoms with van der Waals surface area (Å²) in [5.41, 5.74) is 8.43. The second-order valence-corrected chi connectivity index (χ2v) is 4.72. The van der Waals surface area contributed by atoms with Crippen molar-refractivity contribution < 1.29 is 4.52 Å². The van der Waals surface area contributed by atoms with Gasteiger partial charge in [0.15, 0.2) is 5.82 Å². The lowest BCUT2D eigenvalue weighted by Crippen LogP contribution is -2.13. The summed E-state index contributed by atoms with van der Waals surface area (Å²) in [6.45, 7) is 6.15. The highest BCUT2D eigenvalue weighted by molar-refractivity contribution is 5.28. The van der Waals surface area contributed by atoms with Crippen LogP contribution in [0, 0.1) is 0 Å². The van der Waals surface area contributed by atoms with Crippen LogP contribution >= 0.6 is 0 Å². The molecular weight excluding hydrogens is 226 g/mol. The Morgan fingerprint density at radius 1 is 1.22 bits per heavy atom. The number of hydrogen-bond donors (Lipinski definition) is 1. The van der Waals surface area contributed by atoms with Gasteiger partial charge in [-0.25, -0.2) is 0 Å². The molecule has 0 fully saturated rings. The molecule has 0 aliphatic carbocycles. The van der Waals surface area contributed by atoms with E-state index >= 15 is 0 Å². The molecule has 0 aliphatic heterocycles. The molecule has 4 heteroatoms. The topological polar surface area (TPSA) is 64.9 Å². The molecule has 1 heterocycles. The molecule has 0 spiro atoms. The molecule has 18 heavy (non-hydrogen) atoms. The quantitative estimate of drug-likeness (QED) is 0.899. The van der Waals surface area contributed by atoms with Crippen molar-refractivity contribution in [2.45, 2.75) is 39.2 Å². The number of aromatic nitrogens is 2. The van der Waals surface area contributed by atoms with E-state index in [1.807, 2.05) is 26.0 Å². The number of nitrogens with zero attached hydrogens (tertiary/aromatic N) is 2. The van der Waals surface area contributed by atoms with Gasteiger partial charge in [-0.1, -0.05) is 50.2 Å². The Hall–Kier alpha value is -1.68. The third-order valence-corrected chi connectivity index (χ3v) is 2.98. The molecule has 2 aromatic rings. The van der Waals surface area contributed by atoms with Gasteiger partial charge < -0.3 is 10.3 Å². The fraction of sp³-hybridized carbons (Fsp3) is 0.429. The molecule has 2 N–H and O–H groups in total. The lowest BCUT2D eigenvalue weighted by molar-refractivity contribution is 0.359. The predicted molar refractivity (Wildman–Crippen MR) is 70.2 cm³/mol. The van der Waals surface area contributed by atoms with Crippen molar-refractivity contribution in [1.82, 2.24) is 10.1 Å². The standard InChI is InChI=1S/C14H19N3O/c1-4-10-5-7-11(8-6-10)12(15)13-16-14(9(2)3)18-17-13/h5-9,12H,4,15H2,1-3H3. The number of benzene rings is 1. The van der Waals surface area contributed by atoms with E-state index in [1.165, 1.54) is 5.56 Å². The molecule has 0 saturated carbocycles. The first-order valence-electron chi connectivity index (χ1n) is 6.29. The first-order chi connectivity index (χ1) is 8.61. The van der Waals surface area contributed by atoms with Crippen LogP contribution in [0.1, 0.15) is 55.6 Å². The summed E-state index contributed by atoms with van der Waals surface area (Å²) in [6, 6.07) is 7.88. The maximum Gasteiger partial charge on any atom is 0.229 e. The average Bonchev–Trinajstić information content (AvgIpc) is 2.88. The van der Waals surface area contributed by atoms with Gasteiger partial charge in [0.05, 0.1) is 6.04 Å². The molecule has 0 saturated heterocycles. The van der Waals surface area contributed by atoms with E-state index < -0.39 is 0 Å². The van der Waals surface area contributed by atoms with Crippen molar-refractivity contribution in [2.75, 3.05) is 0 Å². The van der Waals surface area contributed by atoms with E-state index in [4.69, 9.17) is 10.3 Å². The zero-order valence-electron chi connectivity index (χ0n) is 11.1. The van der Waals surface area contributed by atoms with Crippen molar-refractivity contribution in [3.63, 3.8) is 0 Å². The van der Waals surface area contributed by atoms with E-state index in [1.54, 1.807) is 0 Å². The van der Waals surface area contributed by atoms with Crippen LogP contribution in [0.4, 0.5) is 0 Å². The number of aryl methyl sites for hydroxylation is 1. The highest BCUT2D eigenvalue weighted by Crippen LogP contribution is 2.20. The van der Waals surface area contributed by atoms with Crippen molar-refractivity contribution >= 4 is 0 Å². The fourth-order valence-electron chi connectivity index (χ4n) is 1.72. The molecular formula is C14H19N3O. The van der Waals surface area contributed by atoms with E-state index in [9.17, 15) is 0 Å². The largest absolute Gasteiger partial charge is 0.339 e. The van der Waals surface area contributed by atoms with Crippen LogP contribution in [-0.4, -0.2) is 10.1 Å². The molecule has 0 bridgehead atoms. The van der Waals surface area contributed by atoms with Gasteiger partial charge in [-0.05, 0) is 17.5 Å². The summed E-state index contributed by atoms with van der Waals surface area (Å²) in [5.74, 6) is 1.40. The summed E-state index contributed by atoms with van der Waals surface area (Å²) in [7, 11) is 0. The van der Waals surface area contributed by atoms with Crippen molar-refractivity contribution in [1.29, 1.82) is 0 Å². The Labute approximate surface area is 107 Å². The molecule has 1 unspecified atom stereocenters. The Morgan fingerprint density at radius 2 is 1.89 bits per heavy atom. The summed E-state index contributed by atoms with van der Waals surface area (Å²) < 4.78 is 5.17. The van der Waals surface area contributed by atoms with Gasteiger partial charge in [0.25, 0.3) is 0 Å². The summed E-state index contributed by atoms with van der Waals surface area (Å²) >= 11 is 0. The van der Waals surface area contributed by atoms with Gasteiger partial charge in [0.2, 0.25) is 5.89 Å². The number of nitrogens with two attached hydrogens (primary N) is 1. The molecule has 0 amide bonds. The van der Waals surface area contributed by atoms with Crippen LogP contribution in [0.2, 0.25) is 0 Å². The smallest absolute Gasteiger partial charge is 0.229 e. The minimum atomic E-state index is -0.327. The lowest BCUT2D eigenvalue weighted by Gasteiger charge is -2.07.